The molecule has 0 spiro atoms. The standard InChI is InChI=1S/C12H24N2O/c1-4-14(9-10(2)3)12(15)11-6-5-7-13-8-11/h10-11,13H,4-9H2,1-3H3/t11-/m1/s1. The quantitative estimate of drug-likeness (QED) is 0.766. The third kappa shape index (κ3) is 3.82. The molecule has 0 bridgehead atoms. The molecular weight excluding hydrogens is 188 g/mol. The lowest BCUT2D eigenvalue weighted by atomic mass is 9.97. The fourth-order valence-electron chi connectivity index (χ4n) is 2.14. The zero-order valence-corrected chi connectivity index (χ0v) is 10.3. The molecule has 3 nitrogen and oxygen atoms in total. The normalized spacial score (nSPS) is 21.7. The molecule has 0 aromatic carbocycles. The zero-order valence-electron chi connectivity index (χ0n) is 10.3. The second kappa shape index (κ2) is 6.11. The van der Waals surface area contributed by atoms with Crippen molar-refractivity contribution in [3.8, 4) is 0 Å². The zero-order chi connectivity index (χ0) is 11.3. The molecule has 88 valence electrons. The van der Waals surface area contributed by atoms with Gasteiger partial charge in [0.25, 0.3) is 0 Å². The fraction of sp³-hybridized carbons (Fsp3) is 0.917. The first-order chi connectivity index (χ1) is 7.15. The maximum atomic E-state index is 12.2. The minimum Gasteiger partial charge on any atom is -0.342 e. The number of nitrogens with one attached hydrogen (secondary N) is 1. The Kier molecular flexibility index (Phi) is 5.09. The lowest BCUT2D eigenvalue weighted by Crippen LogP contribution is -2.44. The van der Waals surface area contributed by atoms with Gasteiger partial charge in [-0.15, -0.1) is 0 Å². The van der Waals surface area contributed by atoms with Crippen molar-refractivity contribution in [3.05, 3.63) is 0 Å². The molecular formula is C12H24N2O. The first-order valence-corrected chi connectivity index (χ1v) is 6.14. The third-order valence-corrected chi connectivity index (χ3v) is 2.93. The van der Waals surface area contributed by atoms with E-state index < -0.39 is 0 Å². The summed E-state index contributed by atoms with van der Waals surface area (Å²) in [6.07, 6.45) is 2.19. The van der Waals surface area contributed by atoms with Gasteiger partial charge in [-0.3, -0.25) is 4.79 Å². The van der Waals surface area contributed by atoms with Gasteiger partial charge in [-0.25, -0.2) is 0 Å². The van der Waals surface area contributed by atoms with Gasteiger partial charge in [0.15, 0.2) is 0 Å². The van der Waals surface area contributed by atoms with Crippen LogP contribution in [0, 0.1) is 11.8 Å². The highest BCUT2D eigenvalue weighted by atomic mass is 16.2. The monoisotopic (exact) mass is 212 g/mol. The van der Waals surface area contributed by atoms with Crippen LogP contribution in [0.4, 0.5) is 0 Å². The SMILES string of the molecule is CCN(CC(C)C)C(=O)[C@@H]1CCCNC1. The molecule has 1 N–H and O–H groups in total. The van der Waals surface area contributed by atoms with Gasteiger partial charge in [0.05, 0.1) is 5.92 Å². The van der Waals surface area contributed by atoms with Crippen molar-refractivity contribution in [2.75, 3.05) is 26.2 Å². The highest BCUT2D eigenvalue weighted by molar-refractivity contribution is 5.79. The number of piperidine rings is 1. The Hall–Kier alpha value is -0.570. The molecule has 1 rings (SSSR count). The van der Waals surface area contributed by atoms with Crippen molar-refractivity contribution in [1.82, 2.24) is 10.2 Å². The van der Waals surface area contributed by atoms with Crippen LogP contribution in [0.1, 0.15) is 33.6 Å². The van der Waals surface area contributed by atoms with Crippen molar-refractivity contribution < 1.29 is 4.79 Å². The van der Waals surface area contributed by atoms with Crippen LogP contribution in [-0.4, -0.2) is 37.0 Å². The molecule has 15 heavy (non-hydrogen) atoms. The van der Waals surface area contributed by atoms with E-state index in [-0.39, 0.29) is 5.92 Å². The molecule has 1 heterocycles. The summed E-state index contributed by atoms with van der Waals surface area (Å²) in [4.78, 5) is 14.2. The summed E-state index contributed by atoms with van der Waals surface area (Å²) < 4.78 is 0. The molecule has 0 unspecified atom stereocenters. The topological polar surface area (TPSA) is 32.3 Å². The van der Waals surface area contributed by atoms with Gasteiger partial charge in [0.1, 0.15) is 0 Å². The van der Waals surface area contributed by atoms with Crippen molar-refractivity contribution in [1.29, 1.82) is 0 Å². The van der Waals surface area contributed by atoms with E-state index in [0.717, 1.165) is 39.0 Å². The first-order valence-electron chi connectivity index (χ1n) is 6.14. The van der Waals surface area contributed by atoms with Crippen LogP contribution in [0.15, 0.2) is 0 Å². The van der Waals surface area contributed by atoms with Gasteiger partial charge in [0, 0.05) is 19.6 Å². The number of carbonyl (C=O) groups excluding carboxylic acids is 1. The number of carbonyl (C=O) groups is 1. The smallest absolute Gasteiger partial charge is 0.226 e. The Bertz CT molecular complexity index is 198. The summed E-state index contributed by atoms with van der Waals surface area (Å²) in [6, 6.07) is 0. The predicted octanol–water partition coefficient (Wildman–Crippen LogP) is 1.49. The van der Waals surface area contributed by atoms with Crippen LogP contribution >= 0.6 is 0 Å². The summed E-state index contributed by atoms with van der Waals surface area (Å²) in [7, 11) is 0. The molecule has 1 atom stereocenters. The van der Waals surface area contributed by atoms with Crippen LogP contribution in [0.2, 0.25) is 0 Å². The molecule has 0 radical (unpaired) electrons. The lowest BCUT2D eigenvalue weighted by molar-refractivity contribution is -0.136. The Morgan fingerprint density at radius 1 is 1.53 bits per heavy atom. The number of rotatable bonds is 4. The molecule has 0 aromatic heterocycles. The van der Waals surface area contributed by atoms with Crippen LogP contribution in [0.3, 0.4) is 0 Å². The van der Waals surface area contributed by atoms with E-state index in [4.69, 9.17) is 0 Å². The van der Waals surface area contributed by atoms with Crippen LogP contribution in [0.25, 0.3) is 0 Å². The summed E-state index contributed by atoms with van der Waals surface area (Å²) in [5, 5.41) is 3.30. The predicted molar refractivity (Wildman–Crippen MR) is 62.7 cm³/mol. The Labute approximate surface area is 93.2 Å². The Morgan fingerprint density at radius 2 is 2.27 bits per heavy atom. The van der Waals surface area contributed by atoms with Crippen molar-refractivity contribution >= 4 is 5.91 Å². The fourth-order valence-corrected chi connectivity index (χ4v) is 2.14. The average molecular weight is 212 g/mol. The molecule has 1 amide bonds. The van der Waals surface area contributed by atoms with E-state index in [9.17, 15) is 4.79 Å². The van der Waals surface area contributed by atoms with Gasteiger partial charge in [0.2, 0.25) is 5.91 Å². The van der Waals surface area contributed by atoms with Crippen molar-refractivity contribution in [3.63, 3.8) is 0 Å². The third-order valence-electron chi connectivity index (χ3n) is 2.93. The van der Waals surface area contributed by atoms with Gasteiger partial charge in [-0.05, 0) is 32.2 Å². The maximum absolute atomic E-state index is 12.2. The molecule has 1 aliphatic heterocycles. The minimum atomic E-state index is 0.220. The van der Waals surface area contributed by atoms with Crippen LogP contribution < -0.4 is 5.32 Å². The molecule has 0 aromatic rings. The van der Waals surface area contributed by atoms with E-state index in [0.29, 0.717) is 11.8 Å². The van der Waals surface area contributed by atoms with Gasteiger partial charge >= 0.3 is 0 Å². The maximum Gasteiger partial charge on any atom is 0.226 e. The first kappa shape index (κ1) is 12.5. The van der Waals surface area contributed by atoms with E-state index in [2.05, 4.69) is 26.1 Å². The molecule has 1 aliphatic rings. The minimum absolute atomic E-state index is 0.220. The van der Waals surface area contributed by atoms with Gasteiger partial charge < -0.3 is 10.2 Å². The van der Waals surface area contributed by atoms with Gasteiger partial charge in [-0.1, -0.05) is 13.8 Å². The Balaban J connectivity index is 2.47. The van der Waals surface area contributed by atoms with Gasteiger partial charge in [-0.2, -0.15) is 0 Å². The Morgan fingerprint density at radius 3 is 2.73 bits per heavy atom. The molecule has 1 fully saturated rings. The van der Waals surface area contributed by atoms with Crippen molar-refractivity contribution in [2.24, 2.45) is 11.8 Å². The van der Waals surface area contributed by atoms with E-state index >= 15 is 0 Å². The number of hydrogen-bond acceptors (Lipinski definition) is 2. The highest BCUT2D eigenvalue weighted by Crippen LogP contribution is 2.14. The largest absolute Gasteiger partial charge is 0.342 e. The number of nitrogens with zero attached hydrogens (tertiary/aromatic N) is 1. The number of amides is 1. The number of hydrogen-bond donors (Lipinski definition) is 1. The molecule has 3 heteroatoms. The van der Waals surface area contributed by atoms with Crippen LogP contribution in [0.5, 0.6) is 0 Å². The molecule has 0 aliphatic carbocycles. The second-order valence-electron chi connectivity index (χ2n) is 4.81. The second-order valence-corrected chi connectivity index (χ2v) is 4.81. The average Bonchev–Trinajstić information content (AvgIpc) is 2.26. The van der Waals surface area contributed by atoms with Crippen LogP contribution in [-0.2, 0) is 4.79 Å². The van der Waals surface area contributed by atoms with Crippen molar-refractivity contribution in [2.45, 2.75) is 33.6 Å². The summed E-state index contributed by atoms with van der Waals surface area (Å²) >= 11 is 0. The van der Waals surface area contributed by atoms with E-state index in [1.165, 1.54) is 0 Å². The summed E-state index contributed by atoms with van der Waals surface area (Å²) in [5.74, 6) is 1.13. The lowest BCUT2D eigenvalue weighted by Gasteiger charge is -2.30. The summed E-state index contributed by atoms with van der Waals surface area (Å²) in [5.41, 5.74) is 0. The van der Waals surface area contributed by atoms with E-state index in [1.807, 2.05) is 4.90 Å². The molecule has 1 saturated heterocycles. The van der Waals surface area contributed by atoms with E-state index in [1.54, 1.807) is 0 Å². The highest BCUT2D eigenvalue weighted by Gasteiger charge is 2.25. The summed E-state index contributed by atoms with van der Waals surface area (Å²) in [6.45, 7) is 10.1. The molecule has 0 saturated carbocycles.